The molecule has 32 heavy (non-hydrogen) atoms. The van der Waals surface area contributed by atoms with Crippen molar-refractivity contribution in [2.75, 3.05) is 6.61 Å². The van der Waals surface area contributed by atoms with Crippen molar-refractivity contribution < 1.29 is 13.5 Å². The van der Waals surface area contributed by atoms with Crippen LogP contribution < -0.4 is 4.74 Å². The van der Waals surface area contributed by atoms with Crippen molar-refractivity contribution in [1.29, 1.82) is 0 Å². The molecule has 0 spiro atoms. The number of benzene rings is 1. The van der Waals surface area contributed by atoms with E-state index in [1.165, 1.54) is 12.8 Å². The molecule has 1 heterocycles. The molecule has 2 atom stereocenters. The van der Waals surface area contributed by atoms with E-state index in [0.29, 0.717) is 43.9 Å². The molecule has 3 nitrogen and oxygen atoms in total. The molecule has 2 rings (SSSR count). The first-order valence-corrected chi connectivity index (χ1v) is 12.4. The second-order valence-corrected chi connectivity index (χ2v) is 8.65. The third-order valence-electron chi connectivity index (χ3n) is 5.78. The van der Waals surface area contributed by atoms with Crippen molar-refractivity contribution in [2.45, 2.75) is 103 Å². The number of halogens is 2. The summed E-state index contributed by atoms with van der Waals surface area (Å²) in [4.78, 5) is 8.74. The van der Waals surface area contributed by atoms with Crippen LogP contribution in [0.15, 0.2) is 36.7 Å². The summed E-state index contributed by atoms with van der Waals surface area (Å²) >= 11 is 0. The van der Waals surface area contributed by atoms with Gasteiger partial charge in [-0.15, -0.1) is 0 Å². The van der Waals surface area contributed by atoms with Crippen LogP contribution in [-0.2, 0) is 6.42 Å². The summed E-state index contributed by atoms with van der Waals surface area (Å²) in [5, 5.41) is 0. The van der Waals surface area contributed by atoms with Crippen LogP contribution in [0.3, 0.4) is 0 Å². The van der Waals surface area contributed by atoms with Crippen LogP contribution in [0.5, 0.6) is 5.75 Å². The third kappa shape index (κ3) is 10.5. The molecule has 0 aliphatic heterocycles. The highest BCUT2D eigenvalue weighted by molar-refractivity contribution is 5.55. The molecular weight excluding hydrogens is 406 g/mol. The number of unbranched alkanes of at least 4 members (excludes halogenated alkanes) is 5. The number of hydrogen-bond donors (Lipinski definition) is 0. The molecule has 0 fully saturated rings. The SMILES string of the molecule is CCCCCC[C@@H](F)CCc1ccc(-c2ncc(OCC[C@@H](F)CCCCC)cn2)cc1. The predicted molar refractivity (Wildman–Crippen MR) is 129 cm³/mol. The zero-order valence-corrected chi connectivity index (χ0v) is 19.9. The topological polar surface area (TPSA) is 35.0 Å². The smallest absolute Gasteiger partial charge is 0.159 e. The van der Waals surface area contributed by atoms with Crippen molar-refractivity contribution in [2.24, 2.45) is 0 Å². The van der Waals surface area contributed by atoms with Gasteiger partial charge in [-0.3, -0.25) is 0 Å². The fourth-order valence-corrected chi connectivity index (χ4v) is 3.69. The molecular formula is C27H40F2N2O. The van der Waals surface area contributed by atoms with Gasteiger partial charge in [0.05, 0.1) is 19.0 Å². The third-order valence-corrected chi connectivity index (χ3v) is 5.78. The molecule has 0 bridgehead atoms. The monoisotopic (exact) mass is 446 g/mol. The quantitative estimate of drug-likeness (QED) is 0.230. The molecule has 0 N–H and O–H groups in total. The number of alkyl halides is 2. The van der Waals surface area contributed by atoms with Crippen molar-refractivity contribution in [3.63, 3.8) is 0 Å². The highest BCUT2D eigenvalue weighted by atomic mass is 19.1. The Balaban J connectivity index is 1.72. The summed E-state index contributed by atoms with van der Waals surface area (Å²) in [5.41, 5.74) is 2.04. The molecule has 2 aromatic rings. The van der Waals surface area contributed by atoms with E-state index < -0.39 is 12.3 Å². The Morgan fingerprint density at radius 3 is 2.00 bits per heavy atom. The standard InChI is InChI=1S/C27H40F2N2O/c1-3-5-7-9-11-24(28)17-14-22-12-15-23(16-13-22)27-30-20-26(21-31-27)32-19-18-25(29)10-8-6-4-2/h12-13,15-16,20-21,24-25H,3-11,14,17-19H2,1-2H3/t24-,25+/m1/s1. The average molecular weight is 447 g/mol. The van der Waals surface area contributed by atoms with Gasteiger partial charge >= 0.3 is 0 Å². The molecule has 5 heteroatoms. The van der Waals surface area contributed by atoms with Crippen LogP contribution >= 0.6 is 0 Å². The Labute approximate surface area is 193 Å². The first-order valence-electron chi connectivity index (χ1n) is 12.4. The molecule has 0 unspecified atom stereocenters. The summed E-state index contributed by atoms with van der Waals surface area (Å²) in [6.07, 6.45) is 12.3. The van der Waals surface area contributed by atoms with Crippen molar-refractivity contribution in [1.82, 2.24) is 9.97 Å². The number of ether oxygens (including phenoxy) is 1. The zero-order chi connectivity index (χ0) is 23.0. The van der Waals surface area contributed by atoms with Gasteiger partial charge in [-0.1, -0.05) is 83.1 Å². The molecule has 0 radical (unpaired) electrons. The Morgan fingerprint density at radius 2 is 1.34 bits per heavy atom. The summed E-state index contributed by atoms with van der Waals surface area (Å²) in [7, 11) is 0. The van der Waals surface area contributed by atoms with Gasteiger partial charge in [0.2, 0.25) is 0 Å². The average Bonchev–Trinajstić information content (AvgIpc) is 2.81. The summed E-state index contributed by atoms with van der Waals surface area (Å²) in [5.74, 6) is 1.17. The van der Waals surface area contributed by atoms with Gasteiger partial charge in [-0.2, -0.15) is 0 Å². The van der Waals surface area contributed by atoms with E-state index in [1.807, 2.05) is 24.3 Å². The van der Waals surface area contributed by atoms with Crippen molar-refractivity contribution in [3.05, 3.63) is 42.2 Å². The summed E-state index contributed by atoms with van der Waals surface area (Å²) < 4.78 is 33.4. The molecule has 0 saturated carbocycles. The zero-order valence-electron chi connectivity index (χ0n) is 19.9. The van der Waals surface area contributed by atoms with Gasteiger partial charge in [0, 0.05) is 12.0 Å². The number of aromatic nitrogens is 2. The van der Waals surface area contributed by atoms with Crippen LogP contribution in [0.25, 0.3) is 11.4 Å². The first kappa shape index (κ1) is 26.2. The number of nitrogens with zero attached hydrogens (tertiary/aromatic N) is 2. The van der Waals surface area contributed by atoms with Gasteiger partial charge in [0.1, 0.15) is 12.3 Å². The lowest BCUT2D eigenvalue weighted by molar-refractivity contribution is 0.222. The summed E-state index contributed by atoms with van der Waals surface area (Å²) in [6, 6.07) is 7.99. The Morgan fingerprint density at radius 1 is 0.750 bits per heavy atom. The van der Waals surface area contributed by atoms with E-state index in [0.717, 1.165) is 49.7 Å². The lowest BCUT2D eigenvalue weighted by atomic mass is 10.0. The Bertz CT molecular complexity index is 721. The molecule has 178 valence electrons. The molecule has 1 aromatic heterocycles. The highest BCUT2D eigenvalue weighted by Gasteiger charge is 2.09. The van der Waals surface area contributed by atoms with Crippen LogP contribution in [-0.4, -0.2) is 28.9 Å². The minimum Gasteiger partial charge on any atom is -0.490 e. The van der Waals surface area contributed by atoms with Crippen LogP contribution in [0.2, 0.25) is 0 Å². The molecule has 0 saturated heterocycles. The highest BCUT2D eigenvalue weighted by Crippen LogP contribution is 2.20. The van der Waals surface area contributed by atoms with E-state index in [2.05, 4.69) is 23.8 Å². The maximum Gasteiger partial charge on any atom is 0.159 e. The number of aryl methyl sites for hydroxylation is 1. The van der Waals surface area contributed by atoms with Gasteiger partial charge in [0.25, 0.3) is 0 Å². The van der Waals surface area contributed by atoms with Crippen molar-refractivity contribution >= 4 is 0 Å². The Kier molecular flexibility index (Phi) is 12.9. The van der Waals surface area contributed by atoms with Gasteiger partial charge < -0.3 is 4.74 Å². The van der Waals surface area contributed by atoms with E-state index in [4.69, 9.17) is 4.74 Å². The summed E-state index contributed by atoms with van der Waals surface area (Å²) in [6.45, 7) is 4.62. The molecule has 0 aliphatic rings. The molecule has 0 amide bonds. The maximum absolute atomic E-state index is 14.0. The second kappa shape index (κ2) is 15.7. The lowest BCUT2D eigenvalue weighted by Crippen LogP contribution is -2.08. The Hall–Kier alpha value is -2.04. The molecule has 1 aromatic carbocycles. The lowest BCUT2D eigenvalue weighted by Gasteiger charge is -2.10. The maximum atomic E-state index is 14.0. The van der Waals surface area contributed by atoms with E-state index in [1.54, 1.807) is 12.4 Å². The van der Waals surface area contributed by atoms with Crippen LogP contribution in [0.4, 0.5) is 8.78 Å². The van der Waals surface area contributed by atoms with Gasteiger partial charge in [0.15, 0.2) is 11.6 Å². The van der Waals surface area contributed by atoms with Crippen LogP contribution in [0, 0.1) is 0 Å². The number of rotatable bonds is 17. The first-order chi connectivity index (χ1) is 15.6. The predicted octanol–water partition coefficient (Wildman–Crippen LogP) is 8.07. The van der Waals surface area contributed by atoms with E-state index in [-0.39, 0.29) is 0 Å². The van der Waals surface area contributed by atoms with E-state index >= 15 is 0 Å². The van der Waals surface area contributed by atoms with Crippen molar-refractivity contribution in [3.8, 4) is 17.1 Å². The minimum atomic E-state index is -0.811. The number of hydrogen-bond acceptors (Lipinski definition) is 3. The molecule has 0 aliphatic carbocycles. The van der Waals surface area contributed by atoms with E-state index in [9.17, 15) is 8.78 Å². The normalized spacial score (nSPS) is 13.1. The minimum absolute atomic E-state index is 0.332. The second-order valence-electron chi connectivity index (χ2n) is 8.65. The van der Waals surface area contributed by atoms with Crippen LogP contribution in [0.1, 0.15) is 90.0 Å². The van der Waals surface area contributed by atoms with Gasteiger partial charge in [-0.25, -0.2) is 18.7 Å². The fourth-order valence-electron chi connectivity index (χ4n) is 3.69. The van der Waals surface area contributed by atoms with Gasteiger partial charge in [-0.05, 0) is 31.2 Å². The largest absolute Gasteiger partial charge is 0.490 e. The fraction of sp³-hybridized carbons (Fsp3) is 0.630.